The molecule has 0 fully saturated rings. The second kappa shape index (κ2) is 7.46. The molecule has 0 amide bonds. The Labute approximate surface area is 143 Å². The van der Waals surface area contributed by atoms with Crippen LogP contribution in [0.2, 0.25) is 5.02 Å². The van der Waals surface area contributed by atoms with Crippen LogP contribution in [-0.2, 0) is 16.4 Å². The molecule has 0 atom stereocenters. The average molecular weight is 405 g/mol. The lowest BCUT2D eigenvalue weighted by molar-refractivity contribution is 0.414. The first kappa shape index (κ1) is 17.3. The van der Waals surface area contributed by atoms with Gasteiger partial charge in [0.05, 0.1) is 12.1 Å². The number of benzene rings is 2. The van der Waals surface area contributed by atoms with Gasteiger partial charge >= 0.3 is 0 Å². The highest BCUT2D eigenvalue weighted by molar-refractivity contribution is 9.10. The summed E-state index contributed by atoms with van der Waals surface area (Å²) in [6, 6.07) is 12.2. The zero-order valence-electron chi connectivity index (χ0n) is 11.8. The first-order valence-electron chi connectivity index (χ1n) is 6.50. The van der Waals surface area contributed by atoms with Crippen LogP contribution < -0.4 is 9.46 Å². The van der Waals surface area contributed by atoms with E-state index in [-0.39, 0.29) is 16.5 Å². The maximum atomic E-state index is 12.3. The zero-order chi connectivity index (χ0) is 16.2. The second-order valence-electron chi connectivity index (χ2n) is 4.57. The fourth-order valence-corrected chi connectivity index (χ4v) is 3.95. The second-order valence-corrected chi connectivity index (χ2v) is 7.63. The van der Waals surface area contributed by atoms with Gasteiger partial charge in [-0.2, -0.15) is 0 Å². The molecule has 0 radical (unpaired) electrons. The number of methoxy groups -OCH3 is 1. The van der Waals surface area contributed by atoms with Crippen molar-refractivity contribution in [3.05, 3.63) is 57.5 Å². The average Bonchev–Trinajstić information content (AvgIpc) is 2.50. The van der Waals surface area contributed by atoms with Gasteiger partial charge in [-0.1, -0.05) is 39.7 Å². The Morgan fingerprint density at radius 1 is 1.18 bits per heavy atom. The lowest BCUT2D eigenvalue weighted by atomic mass is 10.1. The van der Waals surface area contributed by atoms with Gasteiger partial charge in [-0.25, -0.2) is 13.1 Å². The van der Waals surface area contributed by atoms with E-state index in [0.717, 1.165) is 11.3 Å². The number of sulfonamides is 1. The van der Waals surface area contributed by atoms with Crippen molar-refractivity contribution in [3.8, 4) is 5.75 Å². The lowest BCUT2D eigenvalue weighted by Crippen LogP contribution is -2.26. The molecular weight excluding hydrogens is 390 g/mol. The summed E-state index contributed by atoms with van der Waals surface area (Å²) < 4.78 is 32.8. The SMILES string of the molecule is COc1ccc(CCNS(=O)(=O)c2cc(Br)ccc2Cl)cc1. The molecule has 4 nitrogen and oxygen atoms in total. The molecule has 0 aliphatic carbocycles. The third-order valence-corrected chi connectivity index (χ3v) is 5.48. The maximum absolute atomic E-state index is 12.3. The van der Waals surface area contributed by atoms with Gasteiger partial charge in [-0.15, -0.1) is 0 Å². The molecule has 7 heteroatoms. The first-order valence-corrected chi connectivity index (χ1v) is 9.15. The minimum atomic E-state index is -3.63. The Balaban J connectivity index is 2.01. The topological polar surface area (TPSA) is 55.4 Å². The van der Waals surface area contributed by atoms with E-state index in [4.69, 9.17) is 16.3 Å². The van der Waals surface area contributed by atoms with Crippen molar-refractivity contribution in [2.24, 2.45) is 0 Å². The van der Waals surface area contributed by atoms with Crippen molar-refractivity contribution in [1.29, 1.82) is 0 Å². The van der Waals surface area contributed by atoms with Crippen LogP contribution in [0.5, 0.6) is 5.75 Å². The summed E-state index contributed by atoms with van der Waals surface area (Å²) in [5.41, 5.74) is 1.02. The highest BCUT2D eigenvalue weighted by Crippen LogP contribution is 2.25. The smallest absolute Gasteiger partial charge is 0.242 e. The van der Waals surface area contributed by atoms with Gasteiger partial charge in [0.1, 0.15) is 10.6 Å². The van der Waals surface area contributed by atoms with Gasteiger partial charge in [0, 0.05) is 11.0 Å². The molecule has 0 saturated heterocycles. The van der Waals surface area contributed by atoms with Crippen molar-refractivity contribution < 1.29 is 13.2 Å². The molecular formula is C15H15BrClNO3S. The molecule has 0 aliphatic rings. The van der Waals surface area contributed by atoms with E-state index in [2.05, 4.69) is 20.7 Å². The van der Waals surface area contributed by atoms with Gasteiger partial charge in [-0.05, 0) is 42.3 Å². The van der Waals surface area contributed by atoms with Gasteiger partial charge in [0.2, 0.25) is 10.0 Å². The Morgan fingerprint density at radius 3 is 2.50 bits per heavy atom. The van der Waals surface area contributed by atoms with Crippen molar-refractivity contribution in [1.82, 2.24) is 4.72 Å². The van der Waals surface area contributed by atoms with E-state index in [1.807, 2.05) is 24.3 Å². The van der Waals surface area contributed by atoms with Gasteiger partial charge in [0.25, 0.3) is 0 Å². The summed E-state index contributed by atoms with van der Waals surface area (Å²) in [6.07, 6.45) is 0.578. The number of nitrogens with one attached hydrogen (secondary N) is 1. The minimum Gasteiger partial charge on any atom is -0.497 e. The Hall–Kier alpha value is -1.08. The summed E-state index contributed by atoms with van der Waals surface area (Å²) in [5.74, 6) is 0.769. The van der Waals surface area contributed by atoms with Gasteiger partial charge in [0.15, 0.2) is 0 Å². The predicted molar refractivity (Wildman–Crippen MR) is 91.0 cm³/mol. The van der Waals surface area contributed by atoms with E-state index >= 15 is 0 Å². The van der Waals surface area contributed by atoms with Crippen LogP contribution in [0.15, 0.2) is 51.8 Å². The third kappa shape index (κ3) is 4.46. The van der Waals surface area contributed by atoms with Crippen molar-refractivity contribution in [2.45, 2.75) is 11.3 Å². The van der Waals surface area contributed by atoms with Crippen LogP contribution in [0.3, 0.4) is 0 Å². The van der Waals surface area contributed by atoms with E-state index in [9.17, 15) is 8.42 Å². The molecule has 0 spiro atoms. The molecule has 22 heavy (non-hydrogen) atoms. The fourth-order valence-electron chi connectivity index (χ4n) is 1.88. The number of ether oxygens (including phenoxy) is 1. The van der Waals surface area contributed by atoms with E-state index in [1.165, 1.54) is 6.07 Å². The third-order valence-electron chi connectivity index (χ3n) is 3.05. The molecule has 2 aromatic rings. The Kier molecular flexibility index (Phi) is 5.86. The predicted octanol–water partition coefficient (Wildman–Crippen LogP) is 3.63. The molecule has 0 aromatic heterocycles. The number of hydrogen-bond acceptors (Lipinski definition) is 3. The van der Waals surface area contributed by atoms with Crippen molar-refractivity contribution >= 4 is 37.6 Å². The molecule has 0 heterocycles. The molecule has 0 unspecified atom stereocenters. The zero-order valence-corrected chi connectivity index (χ0v) is 15.0. The van der Waals surface area contributed by atoms with E-state index in [0.29, 0.717) is 10.9 Å². The normalized spacial score (nSPS) is 11.4. The van der Waals surface area contributed by atoms with Crippen LogP contribution >= 0.6 is 27.5 Å². The highest BCUT2D eigenvalue weighted by atomic mass is 79.9. The maximum Gasteiger partial charge on any atom is 0.242 e. The van der Waals surface area contributed by atoms with E-state index in [1.54, 1.807) is 19.2 Å². The quantitative estimate of drug-likeness (QED) is 0.800. The van der Waals surface area contributed by atoms with Crippen LogP contribution in [0, 0.1) is 0 Å². The van der Waals surface area contributed by atoms with Crippen LogP contribution in [0.4, 0.5) is 0 Å². The summed E-state index contributed by atoms with van der Waals surface area (Å²) >= 11 is 9.20. The summed E-state index contributed by atoms with van der Waals surface area (Å²) in [5, 5.41) is 0.195. The standard InChI is InChI=1S/C15H15BrClNO3S/c1-21-13-5-2-11(3-6-13)8-9-18-22(19,20)15-10-12(16)4-7-14(15)17/h2-7,10,18H,8-9H2,1H3. The van der Waals surface area contributed by atoms with Gasteiger partial charge < -0.3 is 4.74 Å². The molecule has 0 bridgehead atoms. The largest absolute Gasteiger partial charge is 0.497 e. The van der Waals surface area contributed by atoms with Crippen molar-refractivity contribution in [2.75, 3.05) is 13.7 Å². The molecule has 2 aromatic carbocycles. The van der Waals surface area contributed by atoms with E-state index < -0.39 is 10.0 Å². The summed E-state index contributed by atoms with van der Waals surface area (Å²) in [6.45, 7) is 0.289. The van der Waals surface area contributed by atoms with Gasteiger partial charge in [-0.3, -0.25) is 0 Å². The monoisotopic (exact) mass is 403 g/mol. The Bertz CT molecular complexity index is 748. The number of hydrogen-bond donors (Lipinski definition) is 1. The molecule has 0 saturated carbocycles. The molecule has 118 valence electrons. The number of rotatable bonds is 6. The fraction of sp³-hybridized carbons (Fsp3) is 0.200. The highest BCUT2D eigenvalue weighted by Gasteiger charge is 2.17. The molecule has 0 aliphatic heterocycles. The molecule has 2 rings (SSSR count). The number of halogens is 2. The minimum absolute atomic E-state index is 0.0678. The summed E-state index contributed by atoms with van der Waals surface area (Å²) in [4.78, 5) is 0.0678. The van der Waals surface area contributed by atoms with Crippen LogP contribution in [-0.4, -0.2) is 22.1 Å². The molecule has 1 N–H and O–H groups in total. The lowest BCUT2D eigenvalue weighted by Gasteiger charge is -2.09. The van der Waals surface area contributed by atoms with Crippen LogP contribution in [0.1, 0.15) is 5.56 Å². The summed E-state index contributed by atoms with van der Waals surface area (Å²) in [7, 11) is -2.03. The van der Waals surface area contributed by atoms with Crippen molar-refractivity contribution in [3.63, 3.8) is 0 Å². The first-order chi connectivity index (χ1) is 10.4. The Morgan fingerprint density at radius 2 is 1.86 bits per heavy atom. The van der Waals surface area contributed by atoms with Crippen LogP contribution in [0.25, 0.3) is 0 Å².